The molecule has 3 aromatic rings. The zero-order chi connectivity index (χ0) is 21.5. The number of piperidine rings is 1. The Labute approximate surface area is 179 Å². The summed E-state index contributed by atoms with van der Waals surface area (Å²) >= 11 is 5.85. The molecule has 1 aliphatic heterocycles. The number of aryl methyl sites for hydroxylation is 1. The molecule has 2 aromatic carbocycles. The number of rotatable bonds is 3. The van der Waals surface area contributed by atoms with Crippen molar-refractivity contribution < 1.29 is 13.2 Å². The van der Waals surface area contributed by atoms with E-state index in [-0.39, 0.29) is 35.0 Å². The lowest BCUT2D eigenvalue weighted by atomic mass is 10.1. The predicted molar refractivity (Wildman–Crippen MR) is 117 cm³/mol. The molecule has 0 unspecified atom stereocenters. The average molecular weight is 445 g/mol. The van der Waals surface area contributed by atoms with E-state index in [2.05, 4.69) is 0 Å². The summed E-state index contributed by atoms with van der Waals surface area (Å²) in [4.78, 5) is 27.5. The van der Waals surface area contributed by atoms with Gasteiger partial charge in [0.1, 0.15) is 5.56 Å². The number of halogens is 1. The first-order valence-electron chi connectivity index (χ1n) is 9.66. The minimum atomic E-state index is -3.50. The van der Waals surface area contributed by atoms with Gasteiger partial charge < -0.3 is 9.47 Å². The van der Waals surface area contributed by atoms with Crippen molar-refractivity contribution >= 4 is 38.2 Å². The number of sulfone groups is 1. The van der Waals surface area contributed by atoms with Crippen LogP contribution < -0.4 is 5.56 Å². The molecule has 1 saturated heterocycles. The lowest BCUT2D eigenvalue weighted by Crippen LogP contribution is -2.44. The summed E-state index contributed by atoms with van der Waals surface area (Å²) in [5, 5.41) is 0.719. The highest BCUT2D eigenvalue weighted by Crippen LogP contribution is 2.26. The van der Waals surface area contributed by atoms with Crippen molar-refractivity contribution in [1.29, 1.82) is 0 Å². The molecule has 0 atom stereocenters. The second-order valence-corrected chi connectivity index (χ2v) is 10.1. The fourth-order valence-corrected chi connectivity index (χ4v) is 5.79. The number of carbonyl (C=O) groups excluding carboxylic acids is 1. The molecular formula is C22H21ClN2O4S. The van der Waals surface area contributed by atoms with E-state index in [1.54, 1.807) is 30.1 Å². The van der Waals surface area contributed by atoms with E-state index in [0.29, 0.717) is 17.9 Å². The van der Waals surface area contributed by atoms with E-state index in [4.69, 9.17) is 11.6 Å². The normalized spacial score (nSPS) is 15.5. The van der Waals surface area contributed by atoms with Crippen molar-refractivity contribution in [3.05, 3.63) is 75.5 Å². The molecule has 1 aromatic heterocycles. The molecular weight excluding hydrogens is 424 g/mol. The van der Waals surface area contributed by atoms with Gasteiger partial charge in [-0.2, -0.15) is 0 Å². The van der Waals surface area contributed by atoms with Gasteiger partial charge in [-0.25, -0.2) is 8.42 Å². The number of likely N-dealkylation sites (tertiary alicyclic amines) is 1. The molecule has 1 fully saturated rings. The third kappa shape index (κ3) is 3.63. The molecule has 1 amide bonds. The van der Waals surface area contributed by atoms with Crippen molar-refractivity contribution in [3.63, 3.8) is 0 Å². The van der Waals surface area contributed by atoms with Crippen LogP contribution in [0.2, 0.25) is 5.02 Å². The Balaban J connectivity index is 1.54. The highest BCUT2D eigenvalue weighted by atomic mass is 35.5. The number of hydrogen-bond acceptors (Lipinski definition) is 4. The summed E-state index contributed by atoms with van der Waals surface area (Å²) in [6, 6.07) is 15.1. The number of carbonyl (C=O) groups is 1. The number of para-hydroxylation sites is 1. The van der Waals surface area contributed by atoms with Gasteiger partial charge in [-0.3, -0.25) is 9.59 Å². The fourth-order valence-electron chi connectivity index (χ4n) is 3.93. The first kappa shape index (κ1) is 20.6. The van der Waals surface area contributed by atoms with Crippen LogP contribution in [0.3, 0.4) is 0 Å². The number of nitrogens with zero attached hydrogens (tertiary/aromatic N) is 2. The van der Waals surface area contributed by atoms with Crippen LogP contribution >= 0.6 is 11.6 Å². The van der Waals surface area contributed by atoms with Crippen LogP contribution in [0.25, 0.3) is 10.9 Å². The number of hydrogen-bond donors (Lipinski definition) is 0. The minimum absolute atomic E-state index is 0.107. The summed E-state index contributed by atoms with van der Waals surface area (Å²) in [6.45, 7) is 0.568. The van der Waals surface area contributed by atoms with Crippen molar-refractivity contribution in [2.45, 2.75) is 23.0 Å². The topological polar surface area (TPSA) is 76.5 Å². The Hall–Kier alpha value is -2.64. The molecule has 0 bridgehead atoms. The first-order chi connectivity index (χ1) is 14.3. The quantitative estimate of drug-likeness (QED) is 0.621. The Kier molecular flexibility index (Phi) is 5.42. The summed E-state index contributed by atoms with van der Waals surface area (Å²) in [5.74, 6) is -0.358. The third-order valence-electron chi connectivity index (χ3n) is 5.67. The molecule has 0 aliphatic carbocycles. The minimum Gasteiger partial charge on any atom is -0.338 e. The number of aromatic nitrogens is 1. The standard InChI is InChI=1S/C22H21ClN2O4S/c1-24-20-5-3-2-4-15(20)14-19(21(24)26)22(27)25-12-10-18(11-13-25)30(28,29)17-8-6-16(23)7-9-17/h2-9,14,18H,10-13H2,1H3. The first-order valence-corrected chi connectivity index (χ1v) is 11.6. The Morgan fingerprint density at radius 2 is 1.67 bits per heavy atom. The Morgan fingerprint density at radius 1 is 1.03 bits per heavy atom. The van der Waals surface area contributed by atoms with Gasteiger partial charge in [-0.15, -0.1) is 0 Å². The second-order valence-electron chi connectivity index (χ2n) is 7.47. The molecule has 0 saturated carbocycles. The average Bonchev–Trinajstić information content (AvgIpc) is 2.76. The molecule has 0 N–H and O–H groups in total. The molecule has 0 radical (unpaired) electrons. The maximum Gasteiger partial charge on any atom is 0.263 e. The van der Waals surface area contributed by atoms with Gasteiger partial charge in [0.05, 0.1) is 15.7 Å². The van der Waals surface area contributed by atoms with Gasteiger partial charge in [-0.05, 0) is 54.6 Å². The summed E-state index contributed by atoms with van der Waals surface area (Å²) in [7, 11) is -1.85. The number of benzene rings is 2. The predicted octanol–water partition coefficient (Wildman–Crippen LogP) is 3.27. The Morgan fingerprint density at radius 3 is 2.33 bits per heavy atom. The Bertz CT molecular complexity index is 1270. The molecule has 30 heavy (non-hydrogen) atoms. The van der Waals surface area contributed by atoms with Crippen LogP contribution in [0.4, 0.5) is 0 Å². The molecule has 6 nitrogen and oxygen atoms in total. The van der Waals surface area contributed by atoms with Crippen molar-refractivity contribution in [2.75, 3.05) is 13.1 Å². The smallest absolute Gasteiger partial charge is 0.263 e. The zero-order valence-corrected chi connectivity index (χ0v) is 18.0. The van der Waals surface area contributed by atoms with E-state index >= 15 is 0 Å². The van der Waals surface area contributed by atoms with E-state index in [9.17, 15) is 18.0 Å². The number of amides is 1. The van der Waals surface area contributed by atoms with Crippen molar-refractivity contribution in [2.24, 2.45) is 7.05 Å². The van der Waals surface area contributed by atoms with Gasteiger partial charge in [-0.1, -0.05) is 29.8 Å². The van der Waals surface area contributed by atoms with Crippen LogP contribution in [0, 0.1) is 0 Å². The summed E-state index contributed by atoms with van der Waals surface area (Å²) in [6.07, 6.45) is 0.648. The monoisotopic (exact) mass is 444 g/mol. The maximum atomic E-state index is 13.0. The van der Waals surface area contributed by atoms with Crippen LogP contribution in [0.15, 0.2) is 64.3 Å². The van der Waals surface area contributed by atoms with Crippen LogP contribution in [-0.4, -0.2) is 42.1 Å². The van der Waals surface area contributed by atoms with E-state index in [0.717, 1.165) is 10.9 Å². The fraction of sp³-hybridized carbons (Fsp3) is 0.273. The molecule has 1 aliphatic rings. The molecule has 2 heterocycles. The molecule has 0 spiro atoms. The summed E-state index contributed by atoms with van der Waals surface area (Å²) < 4.78 is 27.3. The zero-order valence-electron chi connectivity index (χ0n) is 16.4. The highest BCUT2D eigenvalue weighted by Gasteiger charge is 2.33. The second kappa shape index (κ2) is 7.89. The van der Waals surface area contributed by atoms with E-state index in [1.807, 2.05) is 24.3 Å². The molecule has 156 valence electrons. The van der Waals surface area contributed by atoms with Crippen LogP contribution in [0.5, 0.6) is 0 Å². The van der Waals surface area contributed by atoms with Gasteiger partial charge in [0.15, 0.2) is 9.84 Å². The van der Waals surface area contributed by atoms with Gasteiger partial charge in [0.25, 0.3) is 11.5 Å². The highest BCUT2D eigenvalue weighted by molar-refractivity contribution is 7.92. The largest absolute Gasteiger partial charge is 0.338 e. The third-order valence-corrected chi connectivity index (χ3v) is 8.20. The summed E-state index contributed by atoms with van der Waals surface area (Å²) in [5.41, 5.74) is 0.511. The number of fused-ring (bicyclic) bond motifs is 1. The number of pyridine rings is 1. The van der Waals surface area contributed by atoms with Gasteiger partial charge >= 0.3 is 0 Å². The maximum absolute atomic E-state index is 13.0. The van der Waals surface area contributed by atoms with Crippen molar-refractivity contribution in [1.82, 2.24) is 9.47 Å². The SMILES string of the molecule is Cn1c(=O)c(C(=O)N2CCC(S(=O)(=O)c3ccc(Cl)cc3)CC2)cc2ccccc21. The van der Waals surface area contributed by atoms with Crippen molar-refractivity contribution in [3.8, 4) is 0 Å². The van der Waals surface area contributed by atoms with E-state index < -0.39 is 15.1 Å². The van der Waals surface area contributed by atoms with Crippen LogP contribution in [-0.2, 0) is 16.9 Å². The molecule has 4 rings (SSSR count). The lowest BCUT2D eigenvalue weighted by Gasteiger charge is -2.31. The van der Waals surface area contributed by atoms with Gasteiger partial charge in [0.2, 0.25) is 0 Å². The molecule has 8 heteroatoms. The van der Waals surface area contributed by atoms with Crippen LogP contribution in [0.1, 0.15) is 23.2 Å². The van der Waals surface area contributed by atoms with Gasteiger partial charge in [0, 0.05) is 25.2 Å². The van der Waals surface area contributed by atoms with E-state index in [1.165, 1.54) is 16.7 Å². The lowest BCUT2D eigenvalue weighted by molar-refractivity contribution is 0.0723.